The van der Waals surface area contributed by atoms with Crippen molar-refractivity contribution in [3.05, 3.63) is 29.6 Å². The van der Waals surface area contributed by atoms with Gasteiger partial charge in [-0.05, 0) is 30.7 Å². The predicted molar refractivity (Wildman–Crippen MR) is 75.4 cm³/mol. The summed E-state index contributed by atoms with van der Waals surface area (Å²) in [6, 6.07) is 5.50. The molecule has 1 fully saturated rings. The number of ether oxygens (including phenoxy) is 1. The lowest BCUT2D eigenvalue weighted by Crippen LogP contribution is -2.43. The van der Waals surface area contributed by atoms with Crippen molar-refractivity contribution < 1.29 is 14.6 Å². The molecule has 0 amide bonds. The molecule has 0 aromatic carbocycles. The third-order valence-corrected chi connectivity index (χ3v) is 3.67. The van der Waals surface area contributed by atoms with E-state index in [4.69, 9.17) is 10.00 Å². The maximum absolute atomic E-state index is 11.3. The SMILES string of the molecule is CCCN(Cc1ccnc(C#N)c1)C1COCC1C(=O)O. The number of aliphatic carboxylic acids is 1. The van der Waals surface area contributed by atoms with Gasteiger partial charge in [-0.2, -0.15) is 5.26 Å². The van der Waals surface area contributed by atoms with E-state index in [0.717, 1.165) is 18.5 Å². The highest BCUT2D eigenvalue weighted by molar-refractivity contribution is 5.71. The fourth-order valence-corrected chi connectivity index (χ4v) is 2.66. The third-order valence-electron chi connectivity index (χ3n) is 3.67. The fraction of sp³-hybridized carbons (Fsp3) is 0.533. The van der Waals surface area contributed by atoms with Crippen LogP contribution in [0.5, 0.6) is 0 Å². The quantitative estimate of drug-likeness (QED) is 0.848. The maximum atomic E-state index is 11.3. The molecule has 112 valence electrons. The molecule has 1 aliphatic heterocycles. The minimum atomic E-state index is -0.814. The standard InChI is InChI=1S/C15H19N3O3/c1-2-5-18(14-10-21-9-13(14)15(19)20)8-11-3-4-17-12(6-11)7-16/h3-4,6,13-14H,2,5,8-10H2,1H3,(H,19,20). The number of pyridine rings is 1. The van der Waals surface area contributed by atoms with Gasteiger partial charge in [-0.25, -0.2) is 4.98 Å². The van der Waals surface area contributed by atoms with Gasteiger partial charge in [0.05, 0.1) is 19.1 Å². The van der Waals surface area contributed by atoms with Gasteiger partial charge in [-0.3, -0.25) is 9.69 Å². The second-order valence-electron chi connectivity index (χ2n) is 5.18. The number of hydrogen-bond donors (Lipinski definition) is 1. The summed E-state index contributed by atoms with van der Waals surface area (Å²) in [7, 11) is 0. The Kier molecular flexibility index (Phi) is 5.26. The number of nitrogens with zero attached hydrogens (tertiary/aromatic N) is 3. The molecule has 0 spiro atoms. The third kappa shape index (κ3) is 3.78. The highest BCUT2D eigenvalue weighted by atomic mass is 16.5. The number of carboxylic acid groups (broad SMARTS) is 1. The molecule has 6 heteroatoms. The van der Waals surface area contributed by atoms with Crippen LogP contribution < -0.4 is 0 Å². The minimum absolute atomic E-state index is 0.124. The molecule has 1 aromatic heterocycles. The van der Waals surface area contributed by atoms with E-state index in [1.807, 2.05) is 12.1 Å². The zero-order valence-corrected chi connectivity index (χ0v) is 12.0. The highest BCUT2D eigenvalue weighted by Gasteiger charge is 2.37. The first-order valence-electron chi connectivity index (χ1n) is 7.05. The van der Waals surface area contributed by atoms with Gasteiger partial charge in [0.2, 0.25) is 0 Å². The molecule has 0 radical (unpaired) electrons. The van der Waals surface area contributed by atoms with E-state index >= 15 is 0 Å². The number of rotatable bonds is 6. The van der Waals surface area contributed by atoms with E-state index < -0.39 is 11.9 Å². The van der Waals surface area contributed by atoms with Gasteiger partial charge >= 0.3 is 5.97 Å². The number of nitriles is 1. The Labute approximate surface area is 124 Å². The van der Waals surface area contributed by atoms with Gasteiger partial charge in [-0.1, -0.05) is 6.92 Å². The number of aromatic nitrogens is 1. The summed E-state index contributed by atoms with van der Waals surface area (Å²) in [5.41, 5.74) is 1.34. The van der Waals surface area contributed by atoms with Crippen LogP contribution in [-0.4, -0.2) is 46.8 Å². The molecule has 1 aromatic rings. The van der Waals surface area contributed by atoms with Crippen LogP contribution in [0.4, 0.5) is 0 Å². The second-order valence-corrected chi connectivity index (χ2v) is 5.18. The van der Waals surface area contributed by atoms with Crippen LogP contribution >= 0.6 is 0 Å². The van der Waals surface area contributed by atoms with Gasteiger partial charge in [0.15, 0.2) is 0 Å². The summed E-state index contributed by atoms with van der Waals surface area (Å²) in [6.07, 6.45) is 2.54. The Morgan fingerprint density at radius 3 is 3.10 bits per heavy atom. The number of hydrogen-bond acceptors (Lipinski definition) is 5. The molecule has 21 heavy (non-hydrogen) atoms. The largest absolute Gasteiger partial charge is 0.481 e. The van der Waals surface area contributed by atoms with Crippen molar-refractivity contribution in [3.63, 3.8) is 0 Å². The Bertz CT molecular complexity index is 541. The Hall–Kier alpha value is -1.97. The normalized spacial score (nSPS) is 21.4. The average Bonchev–Trinajstić information content (AvgIpc) is 2.96. The van der Waals surface area contributed by atoms with E-state index in [1.165, 1.54) is 0 Å². The molecule has 0 bridgehead atoms. The van der Waals surface area contributed by atoms with E-state index in [1.54, 1.807) is 12.3 Å². The van der Waals surface area contributed by atoms with Crippen molar-refractivity contribution in [3.8, 4) is 6.07 Å². The van der Waals surface area contributed by atoms with Gasteiger partial charge in [0, 0.05) is 18.8 Å². The van der Waals surface area contributed by atoms with Crippen LogP contribution in [-0.2, 0) is 16.1 Å². The second kappa shape index (κ2) is 7.16. The number of carboxylic acids is 1. The summed E-state index contributed by atoms with van der Waals surface area (Å²) < 4.78 is 5.35. The zero-order chi connectivity index (χ0) is 15.2. The van der Waals surface area contributed by atoms with Crippen molar-refractivity contribution in [2.24, 2.45) is 5.92 Å². The molecular weight excluding hydrogens is 270 g/mol. The smallest absolute Gasteiger partial charge is 0.310 e. The summed E-state index contributed by atoms with van der Waals surface area (Å²) >= 11 is 0. The van der Waals surface area contributed by atoms with Crippen molar-refractivity contribution in [1.82, 2.24) is 9.88 Å². The summed E-state index contributed by atoms with van der Waals surface area (Å²) in [5.74, 6) is -1.31. The molecule has 0 aliphatic carbocycles. The molecule has 6 nitrogen and oxygen atoms in total. The lowest BCUT2D eigenvalue weighted by atomic mass is 10.0. The van der Waals surface area contributed by atoms with Gasteiger partial charge in [0.1, 0.15) is 11.8 Å². The van der Waals surface area contributed by atoms with E-state index in [0.29, 0.717) is 18.8 Å². The first kappa shape index (κ1) is 15.4. The Balaban J connectivity index is 2.15. The molecule has 2 rings (SSSR count). The molecule has 2 atom stereocenters. The van der Waals surface area contributed by atoms with Crippen LogP contribution in [0.1, 0.15) is 24.6 Å². The van der Waals surface area contributed by atoms with Crippen LogP contribution in [0.15, 0.2) is 18.3 Å². The Morgan fingerprint density at radius 2 is 2.43 bits per heavy atom. The van der Waals surface area contributed by atoms with E-state index in [2.05, 4.69) is 16.8 Å². The molecule has 2 heterocycles. The lowest BCUT2D eigenvalue weighted by molar-refractivity contribution is -0.143. The van der Waals surface area contributed by atoms with Crippen molar-refractivity contribution in [2.75, 3.05) is 19.8 Å². The molecule has 1 aliphatic rings. The van der Waals surface area contributed by atoms with Crippen molar-refractivity contribution in [1.29, 1.82) is 5.26 Å². The maximum Gasteiger partial charge on any atom is 0.310 e. The molecular formula is C15H19N3O3. The van der Waals surface area contributed by atoms with Gasteiger partial charge in [-0.15, -0.1) is 0 Å². The van der Waals surface area contributed by atoms with Gasteiger partial charge < -0.3 is 9.84 Å². The molecule has 1 saturated heterocycles. The highest BCUT2D eigenvalue weighted by Crippen LogP contribution is 2.22. The molecule has 2 unspecified atom stereocenters. The molecule has 0 saturated carbocycles. The lowest BCUT2D eigenvalue weighted by Gasteiger charge is -2.30. The summed E-state index contributed by atoms with van der Waals surface area (Å²) in [4.78, 5) is 17.4. The van der Waals surface area contributed by atoms with Gasteiger partial charge in [0.25, 0.3) is 0 Å². The first-order valence-corrected chi connectivity index (χ1v) is 7.05. The minimum Gasteiger partial charge on any atom is -0.481 e. The summed E-state index contributed by atoms with van der Waals surface area (Å²) in [5, 5.41) is 18.2. The van der Waals surface area contributed by atoms with E-state index in [-0.39, 0.29) is 12.6 Å². The fourth-order valence-electron chi connectivity index (χ4n) is 2.66. The van der Waals surface area contributed by atoms with Crippen molar-refractivity contribution in [2.45, 2.75) is 25.9 Å². The van der Waals surface area contributed by atoms with Crippen LogP contribution in [0.2, 0.25) is 0 Å². The van der Waals surface area contributed by atoms with E-state index in [9.17, 15) is 9.90 Å². The van der Waals surface area contributed by atoms with Crippen LogP contribution in [0.25, 0.3) is 0 Å². The van der Waals surface area contributed by atoms with Crippen LogP contribution in [0, 0.1) is 17.2 Å². The zero-order valence-electron chi connectivity index (χ0n) is 12.0. The monoisotopic (exact) mass is 289 g/mol. The van der Waals surface area contributed by atoms with Crippen molar-refractivity contribution >= 4 is 5.97 Å². The van der Waals surface area contributed by atoms with Crippen LogP contribution in [0.3, 0.4) is 0 Å². The number of carbonyl (C=O) groups is 1. The first-order chi connectivity index (χ1) is 10.2. The predicted octanol–water partition coefficient (Wildman–Crippen LogP) is 1.26. The molecule has 1 N–H and O–H groups in total. The average molecular weight is 289 g/mol. The summed E-state index contributed by atoms with van der Waals surface area (Å²) in [6.45, 7) is 4.16. The topological polar surface area (TPSA) is 86.5 Å². The Morgan fingerprint density at radius 1 is 1.62 bits per heavy atom.